The Bertz CT molecular complexity index is 3560. The molecule has 0 unspecified atom stereocenters. The molecule has 5 nitrogen and oxygen atoms in total. The van der Waals surface area contributed by atoms with Gasteiger partial charge in [-0.15, -0.1) is 0 Å². The first-order valence-electron chi connectivity index (χ1n) is 21.7. The first kappa shape index (κ1) is 36.1. The molecule has 0 amide bonds. The Morgan fingerprint density at radius 1 is 0.297 bits per heavy atom. The molecule has 2 aliphatic carbocycles. The normalized spacial score (nSPS) is 12.8. The summed E-state index contributed by atoms with van der Waals surface area (Å²) >= 11 is 0. The molecule has 1 spiro atoms. The summed E-state index contributed by atoms with van der Waals surface area (Å²) in [5, 5.41) is 0. The average molecular weight is 816 g/mol. The maximum absolute atomic E-state index is 5.44. The van der Waals surface area contributed by atoms with Crippen LogP contribution in [-0.4, -0.2) is 24.3 Å². The van der Waals surface area contributed by atoms with Crippen molar-refractivity contribution in [3.05, 3.63) is 247 Å². The van der Waals surface area contributed by atoms with Crippen LogP contribution in [0.25, 0.3) is 95.7 Å². The van der Waals surface area contributed by atoms with Gasteiger partial charge in [-0.25, -0.2) is 19.9 Å². The van der Waals surface area contributed by atoms with Crippen LogP contribution in [0.15, 0.2) is 225 Å². The Hall–Kier alpha value is -8.54. The number of fused-ring (bicyclic) bond motifs is 11. The van der Waals surface area contributed by atoms with Gasteiger partial charge in [0.05, 0.1) is 16.8 Å². The topological polar surface area (TPSA) is 56.0 Å². The fraction of sp³-hybridized carbons (Fsp3) is 0.0169. The summed E-state index contributed by atoms with van der Waals surface area (Å²) in [5.41, 5.74) is 19.3. The molecule has 2 aliphatic rings. The van der Waals surface area contributed by atoms with Gasteiger partial charge in [-0.05, 0) is 79.9 Å². The Morgan fingerprint density at radius 2 is 0.781 bits per heavy atom. The van der Waals surface area contributed by atoms with Crippen LogP contribution in [0.5, 0.6) is 0 Å². The van der Waals surface area contributed by atoms with Crippen LogP contribution in [0.3, 0.4) is 0 Å². The quantitative estimate of drug-likeness (QED) is 0.168. The summed E-state index contributed by atoms with van der Waals surface area (Å²) < 4.78 is 2.17. The number of nitrogens with zero attached hydrogens (tertiary/aromatic N) is 5. The highest BCUT2D eigenvalue weighted by atomic mass is 15.0. The summed E-state index contributed by atoms with van der Waals surface area (Å²) in [5.74, 6) is 1.78. The summed E-state index contributed by atoms with van der Waals surface area (Å²) in [7, 11) is 0. The lowest BCUT2D eigenvalue weighted by Gasteiger charge is -2.30. The monoisotopic (exact) mass is 815 g/mol. The van der Waals surface area contributed by atoms with E-state index in [-0.39, 0.29) is 0 Å². The van der Waals surface area contributed by atoms with Crippen molar-refractivity contribution in [2.75, 3.05) is 0 Å². The number of rotatable bonds is 6. The smallest absolute Gasteiger partial charge is 0.164 e. The second-order valence-electron chi connectivity index (χ2n) is 16.5. The van der Waals surface area contributed by atoms with Crippen molar-refractivity contribution in [1.29, 1.82) is 0 Å². The highest BCUT2D eigenvalue weighted by Gasteiger charge is 2.51. The zero-order valence-electron chi connectivity index (χ0n) is 34.6. The molecule has 64 heavy (non-hydrogen) atoms. The van der Waals surface area contributed by atoms with E-state index in [0.717, 1.165) is 56.0 Å². The van der Waals surface area contributed by atoms with Crippen LogP contribution in [0.2, 0.25) is 0 Å². The summed E-state index contributed by atoms with van der Waals surface area (Å²) in [6, 6.07) is 77.5. The van der Waals surface area contributed by atoms with E-state index in [2.05, 4.69) is 205 Å². The van der Waals surface area contributed by atoms with Gasteiger partial charge in [-0.2, -0.15) is 0 Å². The van der Waals surface area contributed by atoms with E-state index >= 15 is 0 Å². The highest BCUT2D eigenvalue weighted by Crippen LogP contribution is 2.63. The lowest BCUT2D eigenvalue weighted by atomic mass is 9.70. The number of hydrogen-bond acceptors (Lipinski definition) is 4. The van der Waals surface area contributed by atoms with Gasteiger partial charge in [-0.3, -0.25) is 4.40 Å². The van der Waals surface area contributed by atoms with Gasteiger partial charge in [0.25, 0.3) is 0 Å². The molecule has 11 aromatic rings. The molecular weight excluding hydrogens is 779 g/mol. The fourth-order valence-corrected chi connectivity index (χ4v) is 10.4. The van der Waals surface area contributed by atoms with E-state index in [0.29, 0.717) is 17.5 Å². The van der Waals surface area contributed by atoms with E-state index in [1.807, 2.05) is 24.3 Å². The van der Waals surface area contributed by atoms with Crippen molar-refractivity contribution in [3.63, 3.8) is 0 Å². The molecule has 3 aromatic heterocycles. The zero-order chi connectivity index (χ0) is 42.2. The van der Waals surface area contributed by atoms with Crippen LogP contribution < -0.4 is 0 Å². The molecule has 8 aromatic carbocycles. The molecular formula is C59H37N5. The van der Waals surface area contributed by atoms with Crippen molar-refractivity contribution >= 4 is 5.65 Å². The van der Waals surface area contributed by atoms with Crippen molar-refractivity contribution in [2.24, 2.45) is 0 Å². The van der Waals surface area contributed by atoms with Crippen molar-refractivity contribution < 1.29 is 0 Å². The van der Waals surface area contributed by atoms with Gasteiger partial charge < -0.3 is 0 Å². The largest absolute Gasteiger partial charge is 0.299 e. The minimum Gasteiger partial charge on any atom is -0.299 e. The summed E-state index contributed by atoms with van der Waals surface area (Å²) in [4.78, 5) is 21.5. The molecule has 0 radical (unpaired) electrons. The summed E-state index contributed by atoms with van der Waals surface area (Å²) in [6.07, 6.45) is 2.08. The fourth-order valence-electron chi connectivity index (χ4n) is 10.4. The minimum absolute atomic E-state index is 0.499. The van der Waals surface area contributed by atoms with Crippen LogP contribution in [0.4, 0.5) is 0 Å². The second-order valence-corrected chi connectivity index (χ2v) is 16.5. The van der Waals surface area contributed by atoms with Crippen LogP contribution in [0, 0.1) is 0 Å². The maximum atomic E-state index is 5.44. The Morgan fingerprint density at radius 3 is 1.44 bits per heavy atom. The van der Waals surface area contributed by atoms with Crippen molar-refractivity contribution in [1.82, 2.24) is 24.3 Å². The second kappa shape index (κ2) is 14.3. The SMILES string of the molecule is c1ccc(-c2cccc(-c3nc(-c4ccc5c(c4)C4(c6ccccc6-c6ccccc64)c4ccccc4-5)nc(-c4ccccc4-c4nc5ccccn5c4-c4ccccc4)n3)c2)cc1. The van der Waals surface area contributed by atoms with Gasteiger partial charge in [0.1, 0.15) is 5.65 Å². The van der Waals surface area contributed by atoms with Crippen molar-refractivity contribution in [3.8, 4) is 90.1 Å². The number of aromatic nitrogens is 5. The number of hydrogen-bond donors (Lipinski definition) is 0. The van der Waals surface area contributed by atoms with E-state index in [1.54, 1.807) is 0 Å². The number of benzene rings is 8. The van der Waals surface area contributed by atoms with Gasteiger partial charge >= 0.3 is 0 Å². The molecule has 3 heterocycles. The molecule has 0 saturated carbocycles. The summed E-state index contributed by atoms with van der Waals surface area (Å²) in [6.45, 7) is 0. The van der Waals surface area contributed by atoms with E-state index in [1.165, 1.54) is 44.5 Å². The molecule has 0 bridgehead atoms. The lowest BCUT2D eigenvalue weighted by molar-refractivity contribution is 0.794. The number of pyridine rings is 1. The van der Waals surface area contributed by atoms with Gasteiger partial charge in [0.15, 0.2) is 17.5 Å². The third-order valence-corrected chi connectivity index (χ3v) is 13.1. The molecule has 0 saturated heterocycles. The van der Waals surface area contributed by atoms with Crippen molar-refractivity contribution in [2.45, 2.75) is 5.41 Å². The average Bonchev–Trinajstić information content (AvgIpc) is 4.01. The van der Waals surface area contributed by atoms with E-state index < -0.39 is 5.41 Å². The molecule has 0 aliphatic heterocycles. The predicted molar refractivity (Wildman–Crippen MR) is 257 cm³/mol. The Labute approximate surface area is 370 Å². The molecule has 0 fully saturated rings. The third-order valence-electron chi connectivity index (χ3n) is 13.1. The Balaban J connectivity index is 1.06. The molecule has 13 rings (SSSR count). The predicted octanol–water partition coefficient (Wildman–Crippen LogP) is 13.9. The first-order chi connectivity index (χ1) is 31.7. The first-order valence-corrected chi connectivity index (χ1v) is 21.7. The third kappa shape index (κ3) is 5.37. The van der Waals surface area contributed by atoms with Crippen LogP contribution in [-0.2, 0) is 5.41 Å². The number of imidazole rings is 1. The Kier molecular flexibility index (Phi) is 8.06. The zero-order valence-corrected chi connectivity index (χ0v) is 34.6. The molecule has 298 valence electrons. The molecule has 0 atom stereocenters. The van der Waals surface area contributed by atoms with Crippen LogP contribution in [0.1, 0.15) is 22.3 Å². The molecule has 5 heteroatoms. The minimum atomic E-state index is -0.499. The van der Waals surface area contributed by atoms with E-state index in [4.69, 9.17) is 19.9 Å². The highest BCUT2D eigenvalue weighted by molar-refractivity contribution is 5.96. The van der Waals surface area contributed by atoms with Gasteiger partial charge in [-0.1, -0.05) is 194 Å². The standard InChI is InChI=1S/C59H37N5/c1-3-18-38(19-4-1)40-22-17-23-41(36-40)56-61-57(63-58(62-56)48-28-8-7-27-47(48)54-55(39-20-5-2-6-21-39)64-35-16-15-32-53(64)60-54)42-33-34-46-45-26-11-14-31-51(45)59(52(46)37-42)49-29-12-9-24-43(49)44-25-10-13-30-50(44)59/h1-37H. The lowest BCUT2D eigenvalue weighted by Crippen LogP contribution is -2.25. The maximum Gasteiger partial charge on any atom is 0.164 e. The molecule has 0 N–H and O–H groups in total. The van der Waals surface area contributed by atoms with Crippen LogP contribution >= 0.6 is 0 Å². The van der Waals surface area contributed by atoms with Gasteiger partial charge in [0, 0.05) is 34.0 Å². The van der Waals surface area contributed by atoms with Gasteiger partial charge in [0.2, 0.25) is 0 Å². The van der Waals surface area contributed by atoms with E-state index in [9.17, 15) is 0 Å².